The zero-order valence-corrected chi connectivity index (χ0v) is 14.0. The summed E-state index contributed by atoms with van der Waals surface area (Å²) in [4.78, 5) is 30.2. The van der Waals surface area contributed by atoms with E-state index in [1.807, 2.05) is 0 Å². The van der Waals surface area contributed by atoms with Crippen LogP contribution in [0, 0.1) is 5.92 Å². The number of hydrogen-bond donors (Lipinski definition) is 1. The second-order valence-electron chi connectivity index (χ2n) is 6.48. The van der Waals surface area contributed by atoms with Crippen molar-refractivity contribution in [2.24, 2.45) is 5.92 Å². The maximum Gasteiger partial charge on any atom is 0.248 e. The van der Waals surface area contributed by atoms with E-state index in [-0.39, 0.29) is 24.3 Å². The lowest BCUT2D eigenvalue weighted by Crippen LogP contribution is -2.46. The highest BCUT2D eigenvalue weighted by Crippen LogP contribution is 2.38. The first-order chi connectivity index (χ1) is 11.7. The summed E-state index contributed by atoms with van der Waals surface area (Å²) in [6.45, 7) is 1.70. The highest BCUT2D eigenvalue weighted by Gasteiger charge is 2.30. The van der Waals surface area contributed by atoms with Crippen molar-refractivity contribution in [2.75, 3.05) is 33.4 Å². The van der Waals surface area contributed by atoms with Gasteiger partial charge in [-0.05, 0) is 25.7 Å². The first kappa shape index (κ1) is 16.9. The fourth-order valence-corrected chi connectivity index (χ4v) is 2.94. The largest absolute Gasteiger partial charge is 0.375 e. The maximum absolute atomic E-state index is 12.3. The number of ether oxygens (including phenoxy) is 1. The lowest BCUT2D eigenvalue weighted by atomic mass is 9.97. The first-order valence-corrected chi connectivity index (χ1v) is 8.54. The fraction of sp³-hybridized carbons (Fsp3) is 0.750. The summed E-state index contributed by atoms with van der Waals surface area (Å²) in [5, 5.41) is 6.85. The number of carbonyl (C=O) groups is 2. The van der Waals surface area contributed by atoms with E-state index < -0.39 is 0 Å². The molecular formula is C16H24N4O4. The molecule has 3 rings (SSSR count). The molecule has 1 aliphatic heterocycles. The number of methoxy groups -OCH3 is 1. The quantitative estimate of drug-likeness (QED) is 0.778. The van der Waals surface area contributed by atoms with E-state index in [0.29, 0.717) is 37.8 Å². The Morgan fingerprint density at radius 2 is 2.21 bits per heavy atom. The molecule has 24 heavy (non-hydrogen) atoms. The average Bonchev–Trinajstić information content (AvgIpc) is 3.34. The number of rotatable bonds is 7. The second kappa shape index (κ2) is 7.74. The molecule has 132 valence electrons. The summed E-state index contributed by atoms with van der Waals surface area (Å²) in [5.41, 5.74) is 0. The van der Waals surface area contributed by atoms with Gasteiger partial charge in [0.25, 0.3) is 0 Å². The Labute approximate surface area is 140 Å². The van der Waals surface area contributed by atoms with E-state index in [9.17, 15) is 9.59 Å². The van der Waals surface area contributed by atoms with E-state index in [1.54, 1.807) is 4.90 Å². The molecule has 0 spiro atoms. The SMILES string of the molecule is COCC(=O)N1CCC[C@@H](C(=O)NCCc2noc(C3CC3)n2)C1. The van der Waals surface area contributed by atoms with Crippen molar-refractivity contribution in [1.29, 1.82) is 0 Å². The molecule has 0 radical (unpaired) electrons. The Kier molecular flexibility index (Phi) is 5.44. The number of nitrogens with zero attached hydrogens (tertiary/aromatic N) is 3. The third-order valence-corrected chi connectivity index (χ3v) is 4.47. The van der Waals surface area contributed by atoms with Crippen LogP contribution in [0.3, 0.4) is 0 Å². The summed E-state index contributed by atoms with van der Waals surface area (Å²) in [5.74, 6) is 1.56. The van der Waals surface area contributed by atoms with Gasteiger partial charge in [-0.15, -0.1) is 0 Å². The molecule has 1 aliphatic carbocycles. The maximum atomic E-state index is 12.3. The van der Waals surface area contributed by atoms with Crippen LogP contribution in [-0.4, -0.2) is 60.2 Å². The minimum atomic E-state index is -0.160. The molecule has 2 amide bonds. The average molecular weight is 336 g/mol. The third kappa shape index (κ3) is 4.31. The molecule has 8 heteroatoms. The van der Waals surface area contributed by atoms with Gasteiger partial charge in [0.2, 0.25) is 17.7 Å². The third-order valence-electron chi connectivity index (χ3n) is 4.47. The summed E-state index contributed by atoms with van der Waals surface area (Å²) >= 11 is 0. The number of aromatic nitrogens is 2. The Bertz CT molecular complexity index is 584. The molecule has 1 saturated heterocycles. The van der Waals surface area contributed by atoms with Crippen LogP contribution < -0.4 is 5.32 Å². The molecule has 0 unspecified atom stereocenters. The van der Waals surface area contributed by atoms with Gasteiger partial charge in [-0.3, -0.25) is 9.59 Å². The normalized spacial score (nSPS) is 20.9. The van der Waals surface area contributed by atoms with Crippen molar-refractivity contribution in [3.63, 3.8) is 0 Å². The standard InChI is InChI=1S/C16H24N4O4/c1-23-10-14(21)20-8-2-3-12(9-20)15(22)17-7-6-13-18-16(24-19-13)11-4-5-11/h11-12H,2-10H2,1H3,(H,17,22)/t12-/m1/s1. The van der Waals surface area contributed by atoms with Gasteiger partial charge < -0.3 is 19.5 Å². The van der Waals surface area contributed by atoms with Crippen LogP contribution in [0.4, 0.5) is 0 Å². The van der Waals surface area contributed by atoms with E-state index in [0.717, 1.165) is 31.6 Å². The Morgan fingerprint density at radius 1 is 1.38 bits per heavy atom. The van der Waals surface area contributed by atoms with Crippen LogP contribution >= 0.6 is 0 Å². The summed E-state index contributed by atoms with van der Waals surface area (Å²) < 4.78 is 10.1. The van der Waals surface area contributed by atoms with Gasteiger partial charge in [-0.1, -0.05) is 5.16 Å². The molecule has 1 aromatic rings. The predicted octanol–water partition coefficient (Wildman–Crippen LogP) is 0.491. The minimum absolute atomic E-state index is 0.0178. The van der Waals surface area contributed by atoms with Gasteiger partial charge in [0, 0.05) is 39.1 Å². The number of carbonyl (C=O) groups excluding carboxylic acids is 2. The van der Waals surface area contributed by atoms with Crippen LogP contribution in [0.25, 0.3) is 0 Å². The monoisotopic (exact) mass is 336 g/mol. The van der Waals surface area contributed by atoms with Crippen LogP contribution in [0.15, 0.2) is 4.52 Å². The Balaban J connectivity index is 1.41. The predicted molar refractivity (Wildman–Crippen MR) is 84.2 cm³/mol. The molecule has 2 aliphatic rings. The highest BCUT2D eigenvalue weighted by molar-refractivity contribution is 5.81. The molecule has 1 saturated carbocycles. The Hall–Kier alpha value is -1.96. The molecule has 0 bridgehead atoms. The van der Waals surface area contributed by atoms with Gasteiger partial charge in [0.05, 0.1) is 5.92 Å². The van der Waals surface area contributed by atoms with Crippen LogP contribution in [0.5, 0.6) is 0 Å². The molecular weight excluding hydrogens is 312 g/mol. The molecule has 1 aromatic heterocycles. The van der Waals surface area contributed by atoms with Crippen LogP contribution in [-0.2, 0) is 20.7 Å². The highest BCUT2D eigenvalue weighted by atomic mass is 16.5. The van der Waals surface area contributed by atoms with Crippen molar-refractivity contribution >= 4 is 11.8 Å². The van der Waals surface area contributed by atoms with Gasteiger partial charge in [-0.2, -0.15) is 4.98 Å². The fourth-order valence-electron chi connectivity index (χ4n) is 2.94. The van der Waals surface area contributed by atoms with E-state index in [2.05, 4.69) is 15.5 Å². The van der Waals surface area contributed by atoms with Gasteiger partial charge >= 0.3 is 0 Å². The molecule has 1 atom stereocenters. The van der Waals surface area contributed by atoms with Gasteiger partial charge in [0.15, 0.2) is 5.82 Å². The lowest BCUT2D eigenvalue weighted by molar-refractivity contribution is -0.138. The number of amides is 2. The molecule has 1 N–H and O–H groups in total. The van der Waals surface area contributed by atoms with Crippen molar-refractivity contribution in [1.82, 2.24) is 20.4 Å². The lowest BCUT2D eigenvalue weighted by Gasteiger charge is -2.31. The number of nitrogens with one attached hydrogen (secondary N) is 1. The van der Waals surface area contributed by atoms with Crippen molar-refractivity contribution in [2.45, 2.75) is 38.0 Å². The van der Waals surface area contributed by atoms with Crippen molar-refractivity contribution < 1.29 is 18.8 Å². The Morgan fingerprint density at radius 3 is 2.96 bits per heavy atom. The molecule has 8 nitrogen and oxygen atoms in total. The molecule has 2 heterocycles. The van der Waals surface area contributed by atoms with E-state index in [4.69, 9.17) is 9.26 Å². The van der Waals surface area contributed by atoms with Crippen molar-refractivity contribution in [3.05, 3.63) is 11.7 Å². The van der Waals surface area contributed by atoms with Gasteiger partial charge in [0.1, 0.15) is 6.61 Å². The van der Waals surface area contributed by atoms with Crippen molar-refractivity contribution in [3.8, 4) is 0 Å². The zero-order valence-electron chi connectivity index (χ0n) is 14.0. The minimum Gasteiger partial charge on any atom is -0.375 e. The number of hydrogen-bond acceptors (Lipinski definition) is 6. The van der Waals surface area contributed by atoms with Crippen LogP contribution in [0.2, 0.25) is 0 Å². The molecule has 0 aromatic carbocycles. The van der Waals surface area contributed by atoms with E-state index in [1.165, 1.54) is 7.11 Å². The summed E-state index contributed by atoms with van der Waals surface area (Å²) in [6.07, 6.45) is 4.44. The molecule has 2 fully saturated rings. The summed E-state index contributed by atoms with van der Waals surface area (Å²) in [7, 11) is 1.50. The number of likely N-dealkylation sites (tertiary alicyclic amines) is 1. The zero-order chi connectivity index (χ0) is 16.9. The van der Waals surface area contributed by atoms with Crippen LogP contribution in [0.1, 0.15) is 43.3 Å². The van der Waals surface area contributed by atoms with Gasteiger partial charge in [-0.25, -0.2) is 0 Å². The van der Waals surface area contributed by atoms with E-state index >= 15 is 0 Å². The smallest absolute Gasteiger partial charge is 0.248 e. The number of piperidine rings is 1. The topological polar surface area (TPSA) is 97.6 Å². The second-order valence-corrected chi connectivity index (χ2v) is 6.48. The summed E-state index contributed by atoms with van der Waals surface area (Å²) in [6, 6.07) is 0. The first-order valence-electron chi connectivity index (χ1n) is 8.54.